The minimum absolute atomic E-state index is 0.0231. The Labute approximate surface area is 97.0 Å². The van der Waals surface area contributed by atoms with Crippen LogP contribution >= 0.6 is 0 Å². The maximum absolute atomic E-state index is 12.6. The maximum Gasteiger partial charge on any atom is 0.270 e. The Hall–Kier alpha value is -1.72. The van der Waals surface area contributed by atoms with Crippen LogP contribution in [0.25, 0.3) is 0 Å². The number of hydrogen-bond acceptors (Lipinski definition) is 3. The molecule has 0 aliphatic heterocycles. The van der Waals surface area contributed by atoms with Crippen molar-refractivity contribution in [2.24, 2.45) is 5.92 Å². The number of hydrogen-bond donors (Lipinski definition) is 1. The van der Waals surface area contributed by atoms with Gasteiger partial charge in [0, 0.05) is 31.1 Å². The Morgan fingerprint density at radius 1 is 1.71 bits per heavy atom. The first-order valence-electron chi connectivity index (χ1n) is 5.19. The smallest absolute Gasteiger partial charge is 0.270 e. The van der Waals surface area contributed by atoms with Crippen LogP contribution in [0.3, 0.4) is 0 Å². The maximum atomic E-state index is 12.6. The number of carbonyl (C=O) groups is 1. The molecule has 1 unspecified atom stereocenters. The van der Waals surface area contributed by atoms with Crippen molar-refractivity contribution in [2.45, 2.75) is 12.3 Å². The van der Waals surface area contributed by atoms with Crippen molar-refractivity contribution in [3.63, 3.8) is 0 Å². The van der Waals surface area contributed by atoms with Crippen LogP contribution in [0, 0.1) is 5.92 Å². The molecule has 1 amide bonds. The van der Waals surface area contributed by atoms with E-state index in [0.717, 1.165) is 0 Å². The highest BCUT2D eigenvalue weighted by Gasteiger charge is 2.56. The second kappa shape index (κ2) is 4.27. The van der Waals surface area contributed by atoms with Gasteiger partial charge in [-0.3, -0.25) is 9.78 Å². The molecule has 0 aromatic carbocycles. The number of carbonyl (C=O) groups excluding carboxylic acids is 1. The van der Waals surface area contributed by atoms with Gasteiger partial charge in [-0.1, -0.05) is 0 Å². The van der Waals surface area contributed by atoms with Crippen LogP contribution in [0.1, 0.15) is 16.9 Å². The van der Waals surface area contributed by atoms with E-state index in [0.29, 0.717) is 5.75 Å². The van der Waals surface area contributed by atoms with Crippen LogP contribution in [0.2, 0.25) is 0 Å². The lowest BCUT2D eigenvalue weighted by Gasteiger charge is -2.05. The van der Waals surface area contributed by atoms with Crippen LogP contribution in [-0.4, -0.2) is 30.5 Å². The molecule has 4 nitrogen and oxygen atoms in total. The second-order valence-electron chi connectivity index (χ2n) is 3.95. The highest BCUT2D eigenvalue weighted by molar-refractivity contribution is 5.92. The fourth-order valence-corrected chi connectivity index (χ4v) is 1.46. The number of nitrogens with zero attached hydrogens (tertiary/aromatic N) is 1. The molecule has 17 heavy (non-hydrogen) atoms. The predicted octanol–water partition coefficient (Wildman–Crippen LogP) is 1.48. The summed E-state index contributed by atoms with van der Waals surface area (Å²) in [4.78, 5) is 15.4. The summed E-state index contributed by atoms with van der Waals surface area (Å²) in [7, 11) is 1.47. The number of methoxy groups -OCH3 is 1. The Balaban J connectivity index is 1.91. The number of halogens is 2. The van der Waals surface area contributed by atoms with Gasteiger partial charge >= 0.3 is 0 Å². The van der Waals surface area contributed by atoms with Crippen LogP contribution in [0.4, 0.5) is 8.78 Å². The summed E-state index contributed by atoms with van der Waals surface area (Å²) < 4.78 is 30.1. The summed E-state index contributed by atoms with van der Waals surface area (Å²) >= 11 is 0. The van der Waals surface area contributed by atoms with Gasteiger partial charge in [0.2, 0.25) is 0 Å². The van der Waals surface area contributed by atoms with E-state index in [1.807, 2.05) is 0 Å². The van der Waals surface area contributed by atoms with Gasteiger partial charge in [-0.2, -0.15) is 0 Å². The summed E-state index contributed by atoms with van der Waals surface area (Å²) in [6, 6.07) is 3.06. The molecule has 1 fully saturated rings. The molecular weight excluding hydrogens is 230 g/mol. The molecular formula is C11H12F2N2O2. The van der Waals surface area contributed by atoms with E-state index in [-0.39, 0.29) is 18.7 Å². The number of aromatic nitrogens is 1. The molecule has 1 aliphatic rings. The van der Waals surface area contributed by atoms with Gasteiger partial charge in [0.15, 0.2) is 0 Å². The fourth-order valence-electron chi connectivity index (χ4n) is 1.46. The minimum atomic E-state index is -2.62. The molecule has 0 radical (unpaired) electrons. The van der Waals surface area contributed by atoms with E-state index < -0.39 is 17.7 Å². The van der Waals surface area contributed by atoms with E-state index in [1.165, 1.54) is 19.4 Å². The molecule has 1 saturated carbocycles. The van der Waals surface area contributed by atoms with E-state index in [2.05, 4.69) is 10.3 Å². The number of nitrogens with one attached hydrogen (secondary N) is 1. The van der Waals surface area contributed by atoms with Gasteiger partial charge in [0.1, 0.15) is 11.4 Å². The molecule has 0 spiro atoms. The molecule has 1 atom stereocenters. The molecule has 1 aliphatic carbocycles. The third-order valence-electron chi connectivity index (χ3n) is 2.66. The van der Waals surface area contributed by atoms with Crippen LogP contribution in [-0.2, 0) is 0 Å². The lowest BCUT2D eigenvalue weighted by Crippen LogP contribution is -2.27. The number of alkyl halides is 2. The zero-order chi connectivity index (χ0) is 12.5. The van der Waals surface area contributed by atoms with Crippen molar-refractivity contribution in [2.75, 3.05) is 13.7 Å². The van der Waals surface area contributed by atoms with E-state index in [4.69, 9.17) is 4.74 Å². The van der Waals surface area contributed by atoms with Gasteiger partial charge in [0.25, 0.3) is 11.8 Å². The highest BCUT2D eigenvalue weighted by Crippen LogP contribution is 2.47. The quantitative estimate of drug-likeness (QED) is 0.870. The zero-order valence-corrected chi connectivity index (χ0v) is 9.24. The van der Waals surface area contributed by atoms with Gasteiger partial charge in [-0.15, -0.1) is 0 Å². The Bertz CT molecular complexity index is 437. The van der Waals surface area contributed by atoms with Crippen molar-refractivity contribution in [1.82, 2.24) is 10.3 Å². The minimum Gasteiger partial charge on any atom is -0.497 e. The number of amides is 1. The second-order valence-corrected chi connectivity index (χ2v) is 3.95. The van der Waals surface area contributed by atoms with Crippen molar-refractivity contribution in [3.8, 4) is 5.75 Å². The molecule has 2 rings (SSSR count). The fraction of sp³-hybridized carbons (Fsp3) is 0.455. The summed E-state index contributed by atoms with van der Waals surface area (Å²) in [6.07, 6.45) is 1.28. The van der Waals surface area contributed by atoms with Crippen molar-refractivity contribution < 1.29 is 18.3 Å². The monoisotopic (exact) mass is 242 g/mol. The first-order chi connectivity index (χ1) is 8.03. The molecule has 6 heteroatoms. The van der Waals surface area contributed by atoms with E-state index >= 15 is 0 Å². The molecule has 0 saturated heterocycles. The molecule has 1 N–H and O–H groups in total. The molecule has 1 aromatic heterocycles. The highest BCUT2D eigenvalue weighted by atomic mass is 19.3. The first-order valence-corrected chi connectivity index (χ1v) is 5.19. The van der Waals surface area contributed by atoms with Gasteiger partial charge in [0.05, 0.1) is 7.11 Å². The summed E-state index contributed by atoms with van der Waals surface area (Å²) in [5.74, 6) is -3.32. The largest absolute Gasteiger partial charge is 0.497 e. The standard InChI is InChI=1S/C11H12F2N2O2/c1-17-8-2-3-14-9(4-8)10(16)15-6-7-5-11(7,12)13/h2-4,7H,5-6H2,1H3,(H,15,16). The Morgan fingerprint density at radius 3 is 3.00 bits per heavy atom. The van der Waals surface area contributed by atoms with Crippen molar-refractivity contribution in [1.29, 1.82) is 0 Å². The van der Waals surface area contributed by atoms with Gasteiger partial charge in [-0.25, -0.2) is 8.78 Å². The lowest BCUT2D eigenvalue weighted by molar-refractivity contribution is 0.0891. The Kier molecular flexibility index (Phi) is 2.95. The van der Waals surface area contributed by atoms with Crippen molar-refractivity contribution in [3.05, 3.63) is 24.0 Å². The summed E-state index contributed by atoms with van der Waals surface area (Å²) in [5, 5.41) is 2.43. The average molecular weight is 242 g/mol. The predicted molar refractivity (Wildman–Crippen MR) is 56.2 cm³/mol. The number of ether oxygens (including phenoxy) is 1. The average Bonchev–Trinajstić information content (AvgIpc) is 2.94. The van der Waals surface area contributed by atoms with Crippen molar-refractivity contribution >= 4 is 5.91 Å². The summed E-state index contributed by atoms with van der Waals surface area (Å²) in [6.45, 7) is -0.0231. The zero-order valence-electron chi connectivity index (χ0n) is 9.24. The number of pyridine rings is 1. The molecule has 1 heterocycles. The van der Waals surface area contributed by atoms with Gasteiger partial charge in [-0.05, 0) is 6.07 Å². The van der Waals surface area contributed by atoms with Crippen LogP contribution in [0.5, 0.6) is 5.75 Å². The van der Waals surface area contributed by atoms with E-state index in [1.54, 1.807) is 6.07 Å². The normalized spacial score (nSPS) is 20.8. The lowest BCUT2D eigenvalue weighted by atomic mass is 10.3. The molecule has 0 bridgehead atoms. The Morgan fingerprint density at radius 2 is 2.41 bits per heavy atom. The first kappa shape index (κ1) is 11.8. The molecule has 1 aromatic rings. The van der Waals surface area contributed by atoms with Crippen LogP contribution < -0.4 is 10.1 Å². The SMILES string of the molecule is COc1ccnc(C(=O)NCC2CC2(F)F)c1. The van der Waals surface area contributed by atoms with Gasteiger partial charge < -0.3 is 10.1 Å². The number of rotatable bonds is 4. The third-order valence-corrected chi connectivity index (χ3v) is 2.66. The third kappa shape index (κ3) is 2.69. The topological polar surface area (TPSA) is 51.2 Å². The summed E-state index contributed by atoms with van der Waals surface area (Å²) in [5.41, 5.74) is 0.160. The molecule has 92 valence electrons. The van der Waals surface area contributed by atoms with Crippen LogP contribution in [0.15, 0.2) is 18.3 Å². The van der Waals surface area contributed by atoms with E-state index in [9.17, 15) is 13.6 Å².